The van der Waals surface area contributed by atoms with Crippen molar-refractivity contribution in [2.24, 2.45) is 23.7 Å². The number of aryl methyl sites for hydroxylation is 1. The molecule has 3 aromatic carbocycles. The molecule has 0 spiro atoms. The highest BCUT2D eigenvalue weighted by molar-refractivity contribution is 5.83. The first kappa shape index (κ1) is 38.7. The van der Waals surface area contributed by atoms with Crippen molar-refractivity contribution in [2.45, 2.75) is 102 Å². The maximum Gasteiger partial charge on any atom is 0.0456 e. The largest absolute Gasteiger partial charge is 0.361 e. The molecule has 0 fully saturated rings. The summed E-state index contributed by atoms with van der Waals surface area (Å²) >= 11 is 0. The average Bonchev–Trinajstić information content (AvgIpc) is 3.61. The Balaban J connectivity index is 0.000000294. The van der Waals surface area contributed by atoms with Gasteiger partial charge in [0.15, 0.2) is 0 Å². The van der Waals surface area contributed by atoms with Gasteiger partial charge in [0.25, 0.3) is 0 Å². The molecule has 1 heteroatoms. The second-order valence-corrected chi connectivity index (χ2v) is 13.7. The van der Waals surface area contributed by atoms with Crippen molar-refractivity contribution in [3.8, 4) is 0 Å². The van der Waals surface area contributed by atoms with Gasteiger partial charge in [-0.25, -0.2) is 0 Å². The van der Waals surface area contributed by atoms with Gasteiger partial charge in [-0.3, -0.25) is 0 Å². The van der Waals surface area contributed by atoms with Crippen LogP contribution in [0.15, 0.2) is 109 Å². The van der Waals surface area contributed by atoms with Crippen molar-refractivity contribution in [1.29, 1.82) is 0 Å². The first-order valence-electron chi connectivity index (χ1n) is 16.5. The van der Waals surface area contributed by atoms with E-state index in [1.54, 1.807) is 5.57 Å². The predicted molar refractivity (Wildman–Crippen MR) is 200 cm³/mol. The third kappa shape index (κ3) is 16.5. The Kier molecular flexibility index (Phi) is 18.8. The van der Waals surface area contributed by atoms with Crippen LogP contribution in [0.25, 0.3) is 10.9 Å². The smallest absolute Gasteiger partial charge is 0.0456 e. The number of H-pyrrole nitrogens is 1. The molecule has 0 aliphatic heterocycles. The molecule has 0 saturated carbocycles. The fourth-order valence-electron chi connectivity index (χ4n) is 5.19. The lowest BCUT2D eigenvalue weighted by molar-refractivity contribution is 0.637. The minimum atomic E-state index is 0. The molecule has 0 unspecified atom stereocenters. The van der Waals surface area contributed by atoms with E-state index in [0.717, 1.165) is 30.1 Å². The van der Waals surface area contributed by atoms with Crippen LogP contribution in [-0.2, 0) is 19.3 Å². The summed E-state index contributed by atoms with van der Waals surface area (Å²) in [6.07, 6.45) is 14.7. The van der Waals surface area contributed by atoms with Crippen molar-refractivity contribution in [1.82, 2.24) is 4.98 Å². The van der Waals surface area contributed by atoms with Crippen LogP contribution in [0, 0.1) is 30.6 Å². The summed E-state index contributed by atoms with van der Waals surface area (Å²) < 4.78 is 0. The molecule has 0 bridgehead atoms. The number of hydrogen-bond acceptors (Lipinski definition) is 0. The third-order valence-electron chi connectivity index (χ3n) is 7.07. The number of nitrogens with one attached hydrogen (secondary N) is 1. The topological polar surface area (TPSA) is 15.8 Å². The fraction of sp³-hybridized carbons (Fsp3) is 0.442. The number of aromatic nitrogens is 1. The molecule has 240 valence electrons. The minimum absolute atomic E-state index is 0. The van der Waals surface area contributed by atoms with Crippen molar-refractivity contribution in [2.75, 3.05) is 0 Å². The van der Waals surface area contributed by atoms with Crippen molar-refractivity contribution < 1.29 is 0 Å². The summed E-state index contributed by atoms with van der Waals surface area (Å²) in [5, 5.41) is 1.37. The lowest BCUT2D eigenvalue weighted by Crippen LogP contribution is -1.93. The highest BCUT2D eigenvalue weighted by Gasteiger charge is 2.04. The van der Waals surface area contributed by atoms with Crippen LogP contribution >= 0.6 is 0 Å². The summed E-state index contributed by atoms with van der Waals surface area (Å²) in [5.41, 5.74) is 8.51. The Morgan fingerprint density at radius 1 is 0.591 bits per heavy atom. The minimum Gasteiger partial charge on any atom is -0.361 e. The van der Waals surface area contributed by atoms with E-state index in [0.29, 0.717) is 0 Å². The van der Waals surface area contributed by atoms with Gasteiger partial charge in [-0.1, -0.05) is 165 Å². The van der Waals surface area contributed by atoms with Gasteiger partial charge in [0.1, 0.15) is 0 Å². The highest BCUT2D eigenvalue weighted by Crippen LogP contribution is 2.20. The van der Waals surface area contributed by atoms with E-state index in [4.69, 9.17) is 0 Å². The standard InChI is InChI=1S/C12H15N.C11H16.C10H14.C9H14.CH4/c1-9(2)7-10-8-13-12-6-4-3-5-11(10)12;1-9(2)8-11-6-4-10(3)5-7-11;1-9(2)8-10-6-4-3-5-7-10;1-8(2)7-9-5-3-4-6-9;/h3-6,8-9,13H,7H2,1-2H3;4-7,9H,8H2,1-3H3;3-7,9H,8H2,1-2H3;3-5,8H,6-7H2,1-2H3;1H4. The summed E-state index contributed by atoms with van der Waals surface area (Å²) in [6, 6.07) is 27.9. The van der Waals surface area contributed by atoms with Crippen LogP contribution in [0.3, 0.4) is 0 Å². The number of para-hydroxylation sites is 1. The van der Waals surface area contributed by atoms with E-state index in [9.17, 15) is 0 Å². The van der Waals surface area contributed by atoms with Gasteiger partial charge in [0, 0.05) is 17.1 Å². The molecule has 1 N–H and O–H groups in total. The molecule has 1 aromatic heterocycles. The normalized spacial score (nSPS) is 11.8. The quantitative estimate of drug-likeness (QED) is 0.209. The Bertz CT molecular complexity index is 1330. The van der Waals surface area contributed by atoms with Gasteiger partial charge in [-0.15, -0.1) is 0 Å². The van der Waals surface area contributed by atoms with E-state index in [-0.39, 0.29) is 7.43 Å². The molecule has 0 amide bonds. The Hall–Kier alpha value is -3.32. The SMILES string of the molecule is C.CC(C)CC1=CC=CC1.CC(C)Cc1c[nH]c2ccccc12.CC(C)Cc1ccccc1.Cc1ccc(CC(C)C)cc1. The lowest BCUT2D eigenvalue weighted by atomic mass is 10.0. The Morgan fingerprint density at radius 2 is 1.11 bits per heavy atom. The molecular weight excluding hydrogens is 530 g/mol. The first-order valence-corrected chi connectivity index (χ1v) is 16.5. The van der Waals surface area contributed by atoms with Crippen molar-refractivity contribution in [3.63, 3.8) is 0 Å². The first-order chi connectivity index (χ1) is 20.5. The molecule has 1 aliphatic carbocycles. The summed E-state index contributed by atoms with van der Waals surface area (Å²) in [6.45, 7) is 20.1. The summed E-state index contributed by atoms with van der Waals surface area (Å²) in [7, 11) is 0. The average molecular weight is 594 g/mol. The second kappa shape index (κ2) is 21.4. The highest BCUT2D eigenvalue weighted by atomic mass is 14.7. The molecular formula is C43H63N. The van der Waals surface area contributed by atoms with Gasteiger partial charge in [0.05, 0.1) is 0 Å². The van der Waals surface area contributed by atoms with Crippen LogP contribution in [0.5, 0.6) is 0 Å². The Labute approximate surface area is 271 Å². The van der Waals surface area contributed by atoms with Gasteiger partial charge in [0.2, 0.25) is 0 Å². The third-order valence-corrected chi connectivity index (χ3v) is 7.07. The zero-order chi connectivity index (χ0) is 31.6. The molecule has 5 rings (SSSR count). The van der Waals surface area contributed by atoms with Crippen LogP contribution in [0.1, 0.15) is 97.9 Å². The fourth-order valence-corrected chi connectivity index (χ4v) is 5.19. The van der Waals surface area contributed by atoms with E-state index in [1.165, 1.54) is 58.8 Å². The van der Waals surface area contributed by atoms with Gasteiger partial charge in [-0.2, -0.15) is 0 Å². The molecule has 1 heterocycles. The van der Waals surface area contributed by atoms with Crippen LogP contribution in [0.4, 0.5) is 0 Å². The van der Waals surface area contributed by atoms with Crippen LogP contribution < -0.4 is 0 Å². The van der Waals surface area contributed by atoms with E-state index in [1.807, 2.05) is 0 Å². The molecule has 4 aromatic rings. The zero-order valence-electron chi connectivity index (χ0n) is 28.7. The number of fused-ring (bicyclic) bond motifs is 1. The number of benzene rings is 3. The molecule has 0 atom stereocenters. The number of aromatic amines is 1. The van der Waals surface area contributed by atoms with Crippen molar-refractivity contribution >= 4 is 10.9 Å². The lowest BCUT2D eigenvalue weighted by Gasteiger charge is -2.04. The number of allylic oxidation sites excluding steroid dienone is 4. The second-order valence-electron chi connectivity index (χ2n) is 13.7. The zero-order valence-corrected chi connectivity index (χ0v) is 28.7. The summed E-state index contributed by atoms with van der Waals surface area (Å²) in [4.78, 5) is 3.29. The molecule has 44 heavy (non-hydrogen) atoms. The molecule has 1 nitrogen and oxygen atoms in total. The monoisotopic (exact) mass is 593 g/mol. The van der Waals surface area contributed by atoms with Crippen LogP contribution in [-0.4, -0.2) is 4.98 Å². The van der Waals surface area contributed by atoms with E-state index < -0.39 is 0 Å². The number of hydrogen-bond donors (Lipinski definition) is 1. The Morgan fingerprint density at radius 3 is 1.64 bits per heavy atom. The summed E-state index contributed by atoms with van der Waals surface area (Å²) in [5.74, 6) is 3.07. The van der Waals surface area contributed by atoms with Gasteiger partial charge >= 0.3 is 0 Å². The molecule has 0 saturated heterocycles. The maximum absolute atomic E-state index is 3.29. The van der Waals surface area contributed by atoms with Crippen LogP contribution in [0.2, 0.25) is 0 Å². The molecule has 1 aliphatic rings. The van der Waals surface area contributed by atoms with Crippen molar-refractivity contribution in [3.05, 3.63) is 131 Å². The van der Waals surface area contributed by atoms with Gasteiger partial charge < -0.3 is 4.98 Å². The van der Waals surface area contributed by atoms with E-state index in [2.05, 4.69) is 171 Å². The predicted octanol–water partition coefficient (Wildman–Crippen LogP) is 13.0. The van der Waals surface area contributed by atoms with Gasteiger partial charge in [-0.05, 0) is 85.5 Å². The maximum atomic E-state index is 3.29. The number of rotatable bonds is 8. The molecule has 0 radical (unpaired) electrons. The van der Waals surface area contributed by atoms with E-state index >= 15 is 0 Å².